The number of anilines is 1. The number of rotatable bonds is 1. The Bertz CT molecular complexity index is 580. The molecule has 0 bridgehead atoms. The summed E-state index contributed by atoms with van der Waals surface area (Å²) in [5.74, 6) is -0.0363. The second kappa shape index (κ2) is 3.03. The molecule has 3 rings (SSSR count). The summed E-state index contributed by atoms with van der Waals surface area (Å²) < 4.78 is 0. The van der Waals surface area contributed by atoms with E-state index >= 15 is 0 Å². The van der Waals surface area contributed by atoms with Gasteiger partial charge in [-0.15, -0.1) is 0 Å². The molecule has 0 unspecified atom stereocenters. The molecule has 2 aromatic rings. The number of hydrogen-bond acceptors (Lipinski definition) is 2. The maximum Gasteiger partial charge on any atom is 0.256 e. The van der Waals surface area contributed by atoms with Crippen LogP contribution < -0.4 is 5.32 Å². The summed E-state index contributed by atoms with van der Waals surface area (Å²) in [6.07, 6.45) is 0. The van der Waals surface area contributed by atoms with E-state index in [1.54, 1.807) is 0 Å². The van der Waals surface area contributed by atoms with Crippen molar-refractivity contribution in [1.29, 1.82) is 0 Å². The van der Waals surface area contributed by atoms with Crippen molar-refractivity contribution >= 4 is 38.4 Å². The predicted molar refractivity (Wildman–Crippen MR) is 62.3 cm³/mol. The summed E-state index contributed by atoms with van der Waals surface area (Å²) in [6, 6.07) is 7.56. The number of benzene rings is 1. The van der Waals surface area contributed by atoms with Gasteiger partial charge in [0.25, 0.3) is 5.91 Å². The van der Waals surface area contributed by atoms with Crippen LogP contribution in [0.5, 0.6) is 0 Å². The van der Waals surface area contributed by atoms with Gasteiger partial charge in [-0.3, -0.25) is 9.78 Å². The molecule has 0 fully saturated rings. The Morgan fingerprint density at radius 2 is 2.27 bits per heavy atom. The first-order valence-electron chi connectivity index (χ1n) is 4.59. The van der Waals surface area contributed by atoms with Crippen molar-refractivity contribution in [3.63, 3.8) is 0 Å². The quantitative estimate of drug-likeness (QED) is 0.804. The van der Waals surface area contributed by atoms with E-state index in [2.05, 4.69) is 26.2 Å². The standard InChI is InChI=1S/C11H7BrN2O/c12-5-6-4-7-10-8(13-6)2-1-3-9(10)14-11(7)15/h1-4H,5H2,(H,14,15). The minimum absolute atomic E-state index is 0.0363. The van der Waals surface area contributed by atoms with Crippen molar-refractivity contribution in [3.8, 4) is 0 Å². The Morgan fingerprint density at radius 1 is 1.40 bits per heavy atom. The van der Waals surface area contributed by atoms with Crippen LogP contribution in [0.4, 0.5) is 5.69 Å². The summed E-state index contributed by atoms with van der Waals surface area (Å²) in [7, 11) is 0. The molecule has 0 saturated carbocycles. The summed E-state index contributed by atoms with van der Waals surface area (Å²) in [5.41, 5.74) is 3.34. The maximum atomic E-state index is 11.7. The van der Waals surface area contributed by atoms with E-state index in [9.17, 15) is 4.79 Å². The zero-order valence-corrected chi connectivity index (χ0v) is 9.34. The third-order valence-corrected chi connectivity index (χ3v) is 3.09. The highest BCUT2D eigenvalue weighted by atomic mass is 79.9. The smallest absolute Gasteiger partial charge is 0.256 e. The number of hydrogen-bond donors (Lipinski definition) is 1. The summed E-state index contributed by atoms with van der Waals surface area (Å²) in [6.45, 7) is 0. The van der Waals surface area contributed by atoms with E-state index in [-0.39, 0.29) is 5.91 Å². The Morgan fingerprint density at radius 3 is 3.07 bits per heavy atom. The Labute approximate surface area is 94.6 Å². The molecule has 74 valence electrons. The van der Waals surface area contributed by atoms with E-state index in [0.29, 0.717) is 5.33 Å². The lowest BCUT2D eigenvalue weighted by Crippen LogP contribution is -2.04. The fraction of sp³-hybridized carbons (Fsp3) is 0.0909. The highest BCUT2D eigenvalue weighted by molar-refractivity contribution is 9.08. The molecule has 1 amide bonds. The number of aromatic nitrogens is 1. The van der Waals surface area contributed by atoms with Crippen LogP contribution in [0.25, 0.3) is 10.9 Å². The molecular weight excluding hydrogens is 256 g/mol. The van der Waals surface area contributed by atoms with E-state index in [1.165, 1.54) is 0 Å². The number of halogens is 1. The molecule has 15 heavy (non-hydrogen) atoms. The number of amides is 1. The average Bonchev–Trinajstić information content (AvgIpc) is 2.58. The van der Waals surface area contributed by atoms with E-state index in [0.717, 1.165) is 27.8 Å². The summed E-state index contributed by atoms with van der Waals surface area (Å²) >= 11 is 3.35. The van der Waals surface area contributed by atoms with Crippen LogP contribution >= 0.6 is 15.9 Å². The van der Waals surface area contributed by atoms with Crippen LogP contribution in [0.15, 0.2) is 24.3 Å². The third-order valence-electron chi connectivity index (χ3n) is 2.52. The zero-order chi connectivity index (χ0) is 10.4. The van der Waals surface area contributed by atoms with Gasteiger partial charge in [-0.1, -0.05) is 22.0 Å². The van der Waals surface area contributed by atoms with E-state index < -0.39 is 0 Å². The molecule has 1 aromatic heterocycles. The first-order valence-corrected chi connectivity index (χ1v) is 5.71. The zero-order valence-electron chi connectivity index (χ0n) is 7.75. The molecular formula is C11H7BrN2O. The molecule has 0 atom stereocenters. The average molecular weight is 263 g/mol. The van der Waals surface area contributed by atoms with Crippen molar-refractivity contribution in [2.75, 3.05) is 5.32 Å². The first kappa shape index (κ1) is 8.85. The minimum Gasteiger partial charge on any atom is -0.321 e. The highest BCUT2D eigenvalue weighted by Gasteiger charge is 2.22. The van der Waals surface area contributed by atoms with Gasteiger partial charge in [-0.05, 0) is 18.2 Å². The SMILES string of the molecule is O=C1Nc2cccc3nc(CBr)cc1c23. The van der Waals surface area contributed by atoms with E-state index in [1.807, 2.05) is 24.3 Å². The molecule has 2 heterocycles. The molecule has 0 radical (unpaired) electrons. The Balaban J connectivity index is 2.46. The highest BCUT2D eigenvalue weighted by Crippen LogP contribution is 2.32. The second-order valence-electron chi connectivity index (χ2n) is 3.45. The number of carbonyl (C=O) groups is 1. The van der Waals surface area contributed by atoms with Crippen LogP contribution in [0.2, 0.25) is 0 Å². The lowest BCUT2D eigenvalue weighted by molar-refractivity contribution is 0.103. The van der Waals surface area contributed by atoms with Crippen molar-refractivity contribution in [2.24, 2.45) is 0 Å². The second-order valence-corrected chi connectivity index (χ2v) is 4.01. The van der Waals surface area contributed by atoms with Gasteiger partial charge >= 0.3 is 0 Å². The van der Waals surface area contributed by atoms with Crippen molar-refractivity contribution in [2.45, 2.75) is 5.33 Å². The molecule has 1 aliphatic rings. The molecule has 1 aromatic carbocycles. The number of nitrogens with zero attached hydrogens (tertiary/aromatic N) is 1. The summed E-state index contributed by atoms with van der Waals surface area (Å²) in [5, 5.41) is 4.43. The van der Waals surface area contributed by atoms with E-state index in [4.69, 9.17) is 0 Å². The number of nitrogens with one attached hydrogen (secondary N) is 1. The van der Waals surface area contributed by atoms with Crippen LogP contribution in [-0.4, -0.2) is 10.9 Å². The fourth-order valence-electron chi connectivity index (χ4n) is 1.88. The van der Waals surface area contributed by atoms with Gasteiger partial charge in [0.1, 0.15) is 0 Å². The predicted octanol–water partition coefficient (Wildman–Crippen LogP) is 2.70. The number of carbonyl (C=O) groups excluding carboxylic acids is 1. The summed E-state index contributed by atoms with van der Waals surface area (Å²) in [4.78, 5) is 16.1. The van der Waals surface area contributed by atoms with Gasteiger partial charge in [0.15, 0.2) is 0 Å². The van der Waals surface area contributed by atoms with Gasteiger partial charge in [0.2, 0.25) is 0 Å². The molecule has 1 aliphatic heterocycles. The third kappa shape index (κ3) is 1.18. The fourth-order valence-corrected chi connectivity index (χ4v) is 2.17. The number of alkyl halides is 1. The van der Waals surface area contributed by atoms with Crippen molar-refractivity contribution in [3.05, 3.63) is 35.5 Å². The van der Waals surface area contributed by atoms with Gasteiger partial charge in [-0.2, -0.15) is 0 Å². The van der Waals surface area contributed by atoms with Crippen molar-refractivity contribution < 1.29 is 4.79 Å². The van der Waals surface area contributed by atoms with Crippen molar-refractivity contribution in [1.82, 2.24) is 4.98 Å². The minimum atomic E-state index is -0.0363. The lowest BCUT2D eigenvalue weighted by atomic mass is 10.1. The van der Waals surface area contributed by atoms with Gasteiger partial charge in [0.05, 0.1) is 22.5 Å². The Hall–Kier alpha value is -1.42. The van der Waals surface area contributed by atoms with Crippen LogP contribution in [0.1, 0.15) is 16.1 Å². The van der Waals surface area contributed by atoms with Gasteiger partial charge in [-0.25, -0.2) is 0 Å². The Kier molecular flexibility index (Phi) is 1.79. The normalized spacial score (nSPS) is 13.3. The molecule has 0 saturated heterocycles. The molecule has 3 nitrogen and oxygen atoms in total. The van der Waals surface area contributed by atoms with Crippen LogP contribution in [0, 0.1) is 0 Å². The molecule has 1 N–H and O–H groups in total. The van der Waals surface area contributed by atoms with Gasteiger partial charge in [0, 0.05) is 10.7 Å². The maximum absolute atomic E-state index is 11.7. The van der Waals surface area contributed by atoms with Crippen LogP contribution in [0.3, 0.4) is 0 Å². The molecule has 4 heteroatoms. The largest absolute Gasteiger partial charge is 0.321 e. The molecule has 0 spiro atoms. The van der Waals surface area contributed by atoms with Gasteiger partial charge < -0.3 is 5.32 Å². The monoisotopic (exact) mass is 262 g/mol. The topological polar surface area (TPSA) is 42.0 Å². The van der Waals surface area contributed by atoms with Crippen LogP contribution in [-0.2, 0) is 5.33 Å². The first-order chi connectivity index (χ1) is 7.29. The molecule has 0 aliphatic carbocycles. The lowest BCUT2D eigenvalue weighted by Gasteiger charge is -2.01. The number of pyridine rings is 1.